The third-order valence-electron chi connectivity index (χ3n) is 4.22. The van der Waals surface area contributed by atoms with Gasteiger partial charge in [-0.2, -0.15) is 0 Å². The van der Waals surface area contributed by atoms with Crippen molar-refractivity contribution in [1.82, 2.24) is 5.32 Å². The molecule has 2 aliphatic rings. The summed E-state index contributed by atoms with van der Waals surface area (Å²) in [6, 6.07) is 3.29. The molecule has 18 heavy (non-hydrogen) atoms. The summed E-state index contributed by atoms with van der Waals surface area (Å²) in [5.41, 5.74) is 1.49. The molecule has 3 rings (SSSR count). The first kappa shape index (κ1) is 13.0. The highest BCUT2D eigenvalue weighted by Crippen LogP contribution is 2.44. The average Bonchev–Trinajstić information content (AvgIpc) is 2.96. The van der Waals surface area contributed by atoms with E-state index in [-0.39, 0.29) is 0 Å². The van der Waals surface area contributed by atoms with E-state index >= 15 is 0 Å². The van der Waals surface area contributed by atoms with Crippen LogP contribution < -0.4 is 5.32 Å². The lowest BCUT2D eigenvalue weighted by Gasteiger charge is -2.31. The van der Waals surface area contributed by atoms with E-state index in [0.717, 1.165) is 0 Å². The lowest BCUT2D eigenvalue weighted by molar-refractivity contribution is 0.198. The number of hydrogen-bond acceptors (Lipinski definition) is 4. The summed E-state index contributed by atoms with van der Waals surface area (Å²) in [7, 11) is 0. The zero-order valence-electron chi connectivity index (χ0n) is 10.8. The monoisotopic (exact) mass is 283 g/mol. The lowest BCUT2D eigenvalue weighted by atomic mass is 9.99. The molecule has 1 aliphatic heterocycles. The molecule has 2 N–H and O–H groups in total. The molecule has 0 amide bonds. The fourth-order valence-corrected chi connectivity index (χ4v) is 5.81. The molecule has 1 fully saturated rings. The summed E-state index contributed by atoms with van der Waals surface area (Å²) in [5.74, 6) is 0.469. The molecule has 1 aliphatic carbocycles. The molecule has 1 aromatic rings. The second kappa shape index (κ2) is 5.53. The van der Waals surface area contributed by atoms with Crippen LogP contribution in [-0.4, -0.2) is 23.0 Å². The number of aliphatic hydroxyl groups excluding tert-OH is 1. The van der Waals surface area contributed by atoms with E-state index in [2.05, 4.69) is 23.7 Å². The molecule has 2 nitrogen and oxygen atoms in total. The van der Waals surface area contributed by atoms with Crippen molar-refractivity contribution < 1.29 is 5.11 Å². The van der Waals surface area contributed by atoms with Gasteiger partial charge in [-0.05, 0) is 42.2 Å². The Morgan fingerprint density at radius 2 is 2.33 bits per heavy atom. The van der Waals surface area contributed by atoms with Crippen LogP contribution in [0, 0.1) is 5.92 Å². The highest BCUT2D eigenvalue weighted by Gasteiger charge is 2.32. The van der Waals surface area contributed by atoms with Crippen LogP contribution in [0.3, 0.4) is 0 Å². The SMILES string of the molecule is C[C@H]1CC(NC2CCCC2CO)c2ccsc2S1. The van der Waals surface area contributed by atoms with E-state index in [4.69, 9.17) is 0 Å². The van der Waals surface area contributed by atoms with Crippen LogP contribution >= 0.6 is 23.1 Å². The molecule has 100 valence electrons. The molecule has 4 atom stereocenters. The minimum Gasteiger partial charge on any atom is -0.396 e. The zero-order chi connectivity index (χ0) is 12.5. The molecule has 0 saturated heterocycles. The van der Waals surface area contributed by atoms with Crippen LogP contribution in [0.5, 0.6) is 0 Å². The van der Waals surface area contributed by atoms with Crippen molar-refractivity contribution in [3.8, 4) is 0 Å². The minimum atomic E-state index is 0.338. The summed E-state index contributed by atoms with van der Waals surface area (Å²) in [5, 5.41) is 16.2. The largest absolute Gasteiger partial charge is 0.396 e. The summed E-state index contributed by atoms with van der Waals surface area (Å²) in [6.45, 7) is 2.66. The average molecular weight is 283 g/mol. The van der Waals surface area contributed by atoms with Crippen LogP contribution in [-0.2, 0) is 0 Å². The minimum absolute atomic E-state index is 0.338. The summed E-state index contributed by atoms with van der Waals surface area (Å²) >= 11 is 3.89. The van der Waals surface area contributed by atoms with Crippen molar-refractivity contribution in [3.05, 3.63) is 17.0 Å². The first-order valence-electron chi connectivity index (χ1n) is 6.89. The maximum absolute atomic E-state index is 9.43. The van der Waals surface area contributed by atoms with Crippen LogP contribution in [0.4, 0.5) is 0 Å². The van der Waals surface area contributed by atoms with Gasteiger partial charge in [0.1, 0.15) is 0 Å². The maximum atomic E-state index is 9.43. The Morgan fingerprint density at radius 3 is 3.17 bits per heavy atom. The molecule has 1 saturated carbocycles. The smallest absolute Gasteiger partial charge is 0.0649 e. The van der Waals surface area contributed by atoms with Gasteiger partial charge in [-0.15, -0.1) is 23.1 Å². The molecular formula is C14H21NOS2. The van der Waals surface area contributed by atoms with Crippen molar-refractivity contribution >= 4 is 23.1 Å². The number of aliphatic hydroxyl groups is 1. The van der Waals surface area contributed by atoms with Crippen molar-refractivity contribution in [1.29, 1.82) is 0 Å². The van der Waals surface area contributed by atoms with Crippen LogP contribution in [0.15, 0.2) is 15.7 Å². The highest BCUT2D eigenvalue weighted by atomic mass is 32.2. The second-order valence-electron chi connectivity index (χ2n) is 5.53. The van der Waals surface area contributed by atoms with Crippen LogP contribution in [0.25, 0.3) is 0 Å². The summed E-state index contributed by atoms with van der Waals surface area (Å²) < 4.78 is 1.49. The van der Waals surface area contributed by atoms with Crippen molar-refractivity contribution in [3.63, 3.8) is 0 Å². The van der Waals surface area contributed by atoms with Gasteiger partial charge in [-0.25, -0.2) is 0 Å². The first-order chi connectivity index (χ1) is 8.78. The molecule has 1 aromatic heterocycles. The van der Waals surface area contributed by atoms with Crippen molar-refractivity contribution in [2.75, 3.05) is 6.61 Å². The van der Waals surface area contributed by atoms with Gasteiger partial charge in [0, 0.05) is 23.9 Å². The molecular weight excluding hydrogens is 262 g/mol. The fourth-order valence-electron chi connectivity index (χ4n) is 3.24. The molecule has 3 unspecified atom stereocenters. The molecule has 0 radical (unpaired) electrons. The highest BCUT2D eigenvalue weighted by molar-refractivity contribution is 8.01. The van der Waals surface area contributed by atoms with Gasteiger partial charge in [0.15, 0.2) is 0 Å². The van der Waals surface area contributed by atoms with Gasteiger partial charge >= 0.3 is 0 Å². The van der Waals surface area contributed by atoms with E-state index in [9.17, 15) is 5.11 Å². The molecule has 2 heterocycles. The zero-order valence-corrected chi connectivity index (χ0v) is 12.4. The van der Waals surface area contributed by atoms with E-state index in [1.54, 1.807) is 0 Å². The van der Waals surface area contributed by atoms with Gasteiger partial charge in [0.25, 0.3) is 0 Å². The van der Waals surface area contributed by atoms with E-state index < -0.39 is 0 Å². The number of hydrogen-bond donors (Lipinski definition) is 2. The summed E-state index contributed by atoms with van der Waals surface area (Å²) in [6.07, 6.45) is 4.88. The van der Waals surface area contributed by atoms with Gasteiger partial charge in [-0.3, -0.25) is 0 Å². The standard InChI is InChI=1S/C14H21NOS2/c1-9-7-13(11-5-6-17-14(11)18-9)15-12-4-2-3-10(12)8-16/h5-6,9-10,12-13,15-16H,2-4,7-8H2,1H3/t9-,10?,12?,13?/m0/s1. The quantitative estimate of drug-likeness (QED) is 0.891. The predicted octanol–water partition coefficient (Wildman–Crippen LogP) is 3.42. The fraction of sp³-hybridized carbons (Fsp3) is 0.714. The molecule has 4 heteroatoms. The predicted molar refractivity (Wildman–Crippen MR) is 78.3 cm³/mol. The van der Waals surface area contributed by atoms with Crippen LogP contribution in [0.2, 0.25) is 0 Å². The van der Waals surface area contributed by atoms with E-state index in [1.807, 2.05) is 23.1 Å². The number of thioether (sulfide) groups is 1. The molecule has 0 spiro atoms. The molecule has 0 bridgehead atoms. The van der Waals surface area contributed by atoms with Gasteiger partial charge in [-0.1, -0.05) is 13.3 Å². The first-order valence-corrected chi connectivity index (χ1v) is 8.65. The van der Waals surface area contributed by atoms with E-state index in [1.165, 1.54) is 35.5 Å². The van der Waals surface area contributed by atoms with Crippen LogP contribution in [0.1, 0.15) is 44.2 Å². The van der Waals surface area contributed by atoms with E-state index in [0.29, 0.717) is 29.9 Å². The Balaban J connectivity index is 1.73. The topological polar surface area (TPSA) is 32.3 Å². The Hall–Kier alpha value is -0.0300. The normalized spacial score (nSPS) is 35.7. The Kier molecular flexibility index (Phi) is 3.99. The number of nitrogens with one attached hydrogen (secondary N) is 1. The van der Waals surface area contributed by atoms with Gasteiger partial charge < -0.3 is 10.4 Å². The summed E-state index contributed by atoms with van der Waals surface area (Å²) in [4.78, 5) is 0. The molecule has 0 aromatic carbocycles. The van der Waals surface area contributed by atoms with Crippen molar-refractivity contribution in [2.24, 2.45) is 5.92 Å². The second-order valence-corrected chi connectivity index (χ2v) is 8.15. The third-order valence-corrected chi connectivity index (χ3v) is 6.56. The Labute approximate surface area is 117 Å². The maximum Gasteiger partial charge on any atom is 0.0649 e. The van der Waals surface area contributed by atoms with Crippen molar-refractivity contribution in [2.45, 2.75) is 54.1 Å². The number of thiophene rings is 1. The third kappa shape index (κ3) is 2.48. The lowest BCUT2D eigenvalue weighted by Crippen LogP contribution is -2.38. The van der Waals surface area contributed by atoms with Gasteiger partial charge in [0.2, 0.25) is 0 Å². The number of fused-ring (bicyclic) bond motifs is 1. The van der Waals surface area contributed by atoms with Gasteiger partial charge in [0.05, 0.1) is 4.21 Å². The number of rotatable bonds is 3. The Bertz CT molecular complexity index is 406. The Morgan fingerprint density at radius 1 is 1.44 bits per heavy atom.